The lowest BCUT2D eigenvalue weighted by Gasteiger charge is -2.15. The summed E-state index contributed by atoms with van der Waals surface area (Å²) in [5.41, 5.74) is -0.507. The number of benzene rings is 1. The van der Waals surface area contributed by atoms with E-state index < -0.39 is 22.6 Å². The van der Waals surface area contributed by atoms with Crippen molar-refractivity contribution in [3.05, 3.63) is 84.2 Å². The van der Waals surface area contributed by atoms with Gasteiger partial charge in [-0.3, -0.25) is 24.5 Å². The molecule has 2 N–H and O–H groups in total. The second-order valence-electron chi connectivity index (χ2n) is 5.97. The number of halogens is 1. The number of aromatic amines is 2. The maximum Gasteiger partial charge on any atom is 0.287 e. The average molecular weight is 369 g/mol. The minimum atomic E-state index is -0.568. The molecule has 0 spiro atoms. The topological polar surface area (TPSA) is 101 Å². The quantitative estimate of drug-likeness (QED) is 0.529. The van der Waals surface area contributed by atoms with Crippen molar-refractivity contribution in [3.63, 3.8) is 0 Å². The number of pyridine rings is 2. The Hall–Kier alpha value is -3.19. The lowest BCUT2D eigenvalue weighted by molar-refractivity contribution is 0.529. The van der Waals surface area contributed by atoms with Crippen LogP contribution in [0.4, 0.5) is 0 Å². The van der Waals surface area contributed by atoms with Crippen molar-refractivity contribution in [1.29, 1.82) is 0 Å². The van der Waals surface area contributed by atoms with Crippen LogP contribution in [0.15, 0.2) is 57.1 Å². The van der Waals surface area contributed by atoms with Gasteiger partial charge in [-0.2, -0.15) is 0 Å². The van der Waals surface area contributed by atoms with Crippen LogP contribution in [0.2, 0.25) is 5.02 Å². The number of rotatable bonds is 2. The highest BCUT2D eigenvalue weighted by atomic mass is 35.5. The molecule has 0 bridgehead atoms. The van der Waals surface area contributed by atoms with Gasteiger partial charge in [0.05, 0.1) is 11.6 Å². The van der Waals surface area contributed by atoms with Gasteiger partial charge in [-0.15, -0.1) is 0 Å². The number of hydrogen-bond acceptors (Lipinski definition) is 4. The van der Waals surface area contributed by atoms with E-state index in [1.807, 2.05) is 0 Å². The summed E-state index contributed by atoms with van der Waals surface area (Å²) in [5, 5.41) is 3.09. The molecule has 0 aliphatic heterocycles. The molecule has 3 aromatic heterocycles. The molecule has 1 aromatic carbocycles. The van der Waals surface area contributed by atoms with Crippen molar-refractivity contribution in [2.45, 2.75) is 13.0 Å². The number of hydrogen-bond donors (Lipinski definition) is 2. The highest BCUT2D eigenvalue weighted by molar-refractivity contribution is 6.31. The Balaban J connectivity index is 2.09. The molecule has 0 saturated heterocycles. The molecule has 0 saturated carbocycles. The molecule has 0 amide bonds. The normalized spacial score (nSPS) is 12.5. The third-order valence-electron chi connectivity index (χ3n) is 4.42. The van der Waals surface area contributed by atoms with Crippen molar-refractivity contribution in [2.24, 2.45) is 0 Å². The first kappa shape index (κ1) is 16.3. The fraction of sp³-hybridized carbons (Fsp3) is 0.111. The highest BCUT2D eigenvalue weighted by Crippen LogP contribution is 2.17. The smallest absolute Gasteiger partial charge is 0.287 e. The molecule has 1 atom stereocenters. The molecule has 0 radical (unpaired) electrons. The number of fused-ring (bicyclic) bond motifs is 2. The molecule has 130 valence electrons. The van der Waals surface area contributed by atoms with Crippen LogP contribution in [0.3, 0.4) is 0 Å². The average Bonchev–Trinajstić information content (AvgIpc) is 2.64. The molecule has 4 rings (SSSR count). The zero-order chi connectivity index (χ0) is 18.4. The summed E-state index contributed by atoms with van der Waals surface area (Å²) in [6.07, 6.45) is 3.19. The molecule has 7 nitrogen and oxygen atoms in total. The fourth-order valence-corrected chi connectivity index (χ4v) is 3.21. The van der Waals surface area contributed by atoms with E-state index in [9.17, 15) is 14.4 Å². The Morgan fingerprint density at radius 2 is 1.85 bits per heavy atom. The van der Waals surface area contributed by atoms with E-state index in [-0.39, 0.29) is 10.9 Å². The summed E-state index contributed by atoms with van der Waals surface area (Å²) in [5.74, 6) is 0. The zero-order valence-electron chi connectivity index (χ0n) is 13.6. The Morgan fingerprint density at radius 3 is 2.58 bits per heavy atom. The number of nitrogens with one attached hydrogen (secondary N) is 2. The van der Waals surface area contributed by atoms with Gasteiger partial charge in [0, 0.05) is 22.8 Å². The summed E-state index contributed by atoms with van der Waals surface area (Å²) < 4.78 is 1.16. The standard InChI is InChI=1S/C18H13ClN4O3/c1-9(10-4-6-20-7-5-10)23-18(26)14-15(17(25)22-23)21-13-8-11(19)2-3-12(13)16(14)24/h2-9H,1H3,(H,21,24)(H,22,25). The fourth-order valence-electron chi connectivity index (χ4n) is 3.04. The van der Waals surface area contributed by atoms with Crippen LogP contribution < -0.4 is 16.5 Å². The van der Waals surface area contributed by atoms with Gasteiger partial charge >= 0.3 is 0 Å². The Bertz CT molecular complexity index is 1320. The van der Waals surface area contributed by atoms with Crippen LogP contribution in [0.25, 0.3) is 21.8 Å². The Morgan fingerprint density at radius 1 is 1.12 bits per heavy atom. The lowest BCUT2D eigenvalue weighted by atomic mass is 10.1. The van der Waals surface area contributed by atoms with Gasteiger partial charge in [0.2, 0.25) is 5.43 Å². The predicted octanol–water partition coefficient (Wildman–Crippen LogP) is 2.19. The van der Waals surface area contributed by atoms with Gasteiger partial charge < -0.3 is 4.98 Å². The summed E-state index contributed by atoms with van der Waals surface area (Å²) in [4.78, 5) is 45.1. The monoisotopic (exact) mass is 368 g/mol. The largest absolute Gasteiger partial charge is 0.350 e. The summed E-state index contributed by atoms with van der Waals surface area (Å²) in [6.45, 7) is 1.76. The van der Waals surface area contributed by atoms with Crippen LogP contribution in [-0.2, 0) is 0 Å². The van der Waals surface area contributed by atoms with E-state index in [0.29, 0.717) is 15.9 Å². The van der Waals surface area contributed by atoms with Crippen LogP contribution in [0, 0.1) is 0 Å². The SMILES string of the molecule is CC(c1ccncc1)n1[nH]c(=O)c2[nH]c3cc(Cl)ccc3c(=O)c2c1=O. The van der Waals surface area contributed by atoms with Crippen molar-refractivity contribution < 1.29 is 0 Å². The second-order valence-corrected chi connectivity index (χ2v) is 6.40. The van der Waals surface area contributed by atoms with Crippen LogP contribution in [0.5, 0.6) is 0 Å². The minimum absolute atomic E-state index is 0.0621. The van der Waals surface area contributed by atoms with Crippen molar-refractivity contribution in [3.8, 4) is 0 Å². The van der Waals surface area contributed by atoms with E-state index in [1.165, 1.54) is 6.07 Å². The Labute approximate surface area is 150 Å². The van der Waals surface area contributed by atoms with Gasteiger partial charge in [-0.25, -0.2) is 4.68 Å². The maximum atomic E-state index is 13.0. The summed E-state index contributed by atoms with van der Waals surface area (Å²) >= 11 is 5.95. The molecule has 8 heteroatoms. The third-order valence-corrected chi connectivity index (χ3v) is 4.66. The van der Waals surface area contributed by atoms with E-state index in [4.69, 9.17) is 11.6 Å². The molecule has 0 aliphatic carbocycles. The van der Waals surface area contributed by atoms with Gasteiger partial charge in [0.25, 0.3) is 11.1 Å². The first-order chi connectivity index (χ1) is 12.5. The van der Waals surface area contributed by atoms with Crippen LogP contribution >= 0.6 is 11.6 Å². The lowest BCUT2D eigenvalue weighted by Crippen LogP contribution is -2.35. The van der Waals surface area contributed by atoms with Crippen molar-refractivity contribution in [1.82, 2.24) is 19.7 Å². The maximum absolute atomic E-state index is 13.0. The van der Waals surface area contributed by atoms with E-state index in [1.54, 1.807) is 43.6 Å². The Kier molecular flexibility index (Phi) is 3.73. The second kappa shape index (κ2) is 5.96. The van der Waals surface area contributed by atoms with E-state index in [0.717, 1.165) is 10.2 Å². The molecule has 3 heterocycles. The van der Waals surface area contributed by atoms with E-state index in [2.05, 4.69) is 15.1 Å². The number of aromatic nitrogens is 4. The number of nitrogens with zero attached hydrogens (tertiary/aromatic N) is 2. The van der Waals surface area contributed by atoms with E-state index >= 15 is 0 Å². The first-order valence-corrected chi connectivity index (χ1v) is 8.25. The minimum Gasteiger partial charge on any atom is -0.350 e. The molecule has 4 aromatic rings. The molecule has 1 unspecified atom stereocenters. The third kappa shape index (κ3) is 2.44. The molecular formula is C18H13ClN4O3. The van der Waals surface area contributed by atoms with Crippen LogP contribution in [0.1, 0.15) is 18.5 Å². The van der Waals surface area contributed by atoms with Crippen molar-refractivity contribution in [2.75, 3.05) is 0 Å². The molecule has 0 aliphatic rings. The van der Waals surface area contributed by atoms with Gasteiger partial charge in [-0.1, -0.05) is 11.6 Å². The van der Waals surface area contributed by atoms with Crippen molar-refractivity contribution >= 4 is 33.4 Å². The van der Waals surface area contributed by atoms with Gasteiger partial charge in [0.15, 0.2) is 0 Å². The summed E-state index contributed by atoms with van der Waals surface area (Å²) in [6, 6.07) is 7.66. The van der Waals surface area contributed by atoms with Crippen LogP contribution in [-0.4, -0.2) is 19.7 Å². The predicted molar refractivity (Wildman–Crippen MR) is 100 cm³/mol. The zero-order valence-corrected chi connectivity index (χ0v) is 14.4. The van der Waals surface area contributed by atoms with Gasteiger partial charge in [0.1, 0.15) is 10.9 Å². The molecule has 0 fully saturated rings. The first-order valence-electron chi connectivity index (χ1n) is 7.87. The summed E-state index contributed by atoms with van der Waals surface area (Å²) in [7, 11) is 0. The van der Waals surface area contributed by atoms with Gasteiger partial charge in [-0.05, 0) is 42.8 Å². The molecule has 26 heavy (non-hydrogen) atoms. The highest BCUT2D eigenvalue weighted by Gasteiger charge is 2.18. The molecular weight excluding hydrogens is 356 g/mol. The number of H-pyrrole nitrogens is 2.